The molecule has 0 spiro atoms. The summed E-state index contributed by atoms with van der Waals surface area (Å²) >= 11 is 1.79. The maximum atomic E-state index is 12.8. The third kappa shape index (κ3) is 5.00. The number of benzene rings is 1. The highest BCUT2D eigenvalue weighted by Crippen LogP contribution is 2.30. The number of hydrogen-bond acceptors (Lipinski definition) is 6. The number of carbonyl (C=O) groups excluding carboxylic acids is 1. The first kappa shape index (κ1) is 21.1. The standard InChI is InChI=1S/C24H33N5OS/c30-23(22-20-10-4-5-11-21(20)27-28-22)25-13-17-7-6-12-29(15-17)16-19-14-26-24(31-19)18-8-2-1-3-9-18/h1-3,8-9,14,17,20-22,27-28H,4-7,10-13,15-16H2,(H,25,30). The lowest BCUT2D eigenvalue weighted by Crippen LogP contribution is -2.48. The van der Waals surface area contributed by atoms with Gasteiger partial charge in [0, 0.05) is 48.2 Å². The number of amides is 1. The highest BCUT2D eigenvalue weighted by molar-refractivity contribution is 7.15. The van der Waals surface area contributed by atoms with E-state index in [2.05, 4.69) is 50.3 Å². The van der Waals surface area contributed by atoms with E-state index >= 15 is 0 Å². The van der Waals surface area contributed by atoms with Crippen LogP contribution in [-0.2, 0) is 11.3 Å². The molecule has 1 aromatic carbocycles. The Hall–Kier alpha value is -1.80. The summed E-state index contributed by atoms with van der Waals surface area (Å²) in [4.78, 5) is 21.3. The number of carbonyl (C=O) groups is 1. The van der Waals surface area contributed by atoms with Gasteiger partial charge in [-0.25, -0.2) is 10.4 Å². The van der Waals surface area contributed by atoms with E-state index in [1.807, 2.05) is 12.3 Å². The molecule has 3 aliphatic rings. The summed E-state index contributed by atoms with van der Waals surface area (Å²) in [6, 6.07) is 10.8. The Morgan fingerprint density at radius 1 is 1.13 bits per heavy atom. The van der Waals surface area contributed by atoms with Crippen LogP contribution in [0, 0.1) is 11.8 Å². The summed E-state index contributed by atoms with van der Waals surface area (Å²) in [5.74, 6) is 1.14. The number of nitrogens with one attached hydrogen (secondary N) is 3. The molecule has 2 aliphatic heterocycles. The molecule has 5 rings (SSSR count). The van der Waals surface area contributed by atoms with Gasteiger partial charge in [-0.3, -0.25) is 15.1 Å². The summed E-state index contributed by atoms with van der Waals surface area (Å²) < 4.78 is 0. The third-order valence-electron chi connectivity index (χ3n) is 7.08. The van der Waals surface area contributed by atoms with Crippen molar-refractivity contribution in [1.82, 2.24) is 26.1 Å². The Balaban J connectivity index is 1.11. The molecule has 1 aliphatic carbocycles. The van der Waals surface area contributed by atoms with Gasteiger partial charge in [-0.05, 0) is 38.1 Å². The number of rotatable bonds is 6. The highest BCUT2D eigenvalue weighted by atomic mass is 32.1. The van der Waals surface area contributed by atoms with Crippen LogP contribution >= 0.6 is 11.3 Å². The molecular weight excluding hydrogens is 406 g/mol. The van der Waals surface area contributed by atoms with Crippen LogP contribution in [0.5, 0.6) is 0 Å². The molecule has 3 N–H and O–H groups in total. The van der Waals surface area contributed by atoms with Crippen LogP contribution < -0.4 is 16.2 Å². The maximum absolute atomic E-state index is 12.8. The molecule has 7 heteroatoms. The molecule has 2 aromatic rings. The van der Waals surface area contributed by atoms with Crippen molar-refractivity contribution >= 4 is 17.2 Å². The van der Waals surface area contributed by atoms with Crippen molar-refractivity contribution in [3.05, 3.63) is 41.4 Å². The Bertz CT molecular complexity index is 872. The molecule has 0 bridgehead atoms. The van der Waals surface area contributed by atoms with Gasteiger partial charge in [-0.15, -0.1) is 11.3 Å². The van der Waals surface area contributed by atoms with Crippen LogP contribution in [0.15, 0.2) is 36.5 Å². The van der Waals surface area contributed by atoms with E-state index in [1.54, 1.807) is 11.3 Å². The minimum Gasteiger partial charge on any atom is -0.354 e. The fourth-order valence-corrected chi connectivity index (χ4v) is 6.39. The third-order valence-corrected chi connectivity index (χ3v) is 8.11. The summed E-state index contributed by atoms with van der Waals surface area (Å²) in [5.41, 5.74) is 7.81. The van der Waals surface area contributed by atoms with E-state index in [0.29, 0.717) is 17.9 Å². The first-order chi connectivity index (χ1) is 15.3. The van der Waals surface area contributed by atoms with E-state index < -0.39 is 0 Å². The van der Waals surface area contributed by atoms with E-state index in [0.717, 1.165) is 37.6 Å². The number of nitrogens with zero attached hydrogens (tertiary/aromatic N) is 2. The molecule has 2 saturated heterocycles. The van der Waals surface area contributed by atoms with Crippen LogP contribution in [0.2, 0.25) is 0 Å². The number of piperidine rings is 1. The van der Waals surface area contributed by atoms with Gasteiger partial charge in [0.05, 0.1) is 0 Å². The van der Waals surface area contributed by atoms with Gasteiger partial charge < -0.3 is 5.32 Å². The number of likely N-dealkylation sites (tertiary alicyclic amines) is 1. The van der Waals surface area contributed by atoms with Crippen LogP contribution in [0.1, 0.15) is 43.4 Å². The number of aromatic nitrogens is 1. The van der Waals surface area contributed by atoms with Gasteiger partial charge in [-0.2, -0.15) is 0 Å². The van der Waals surface area contributed by atoms with E-state index in [4.69, 9.17) is 0 Å². The maximum Gasteiger partial charge on any atom is 0.238 e. The molecule has 6 nitrogen and oxygen atoms in total. The molecule has 0 radical (unpaired) electrons. The van der Waals surface area contributed by atoms with Crippen molar-refractivity contribution in [3.63, 3.8) is 0 Å². The minimum absolute atomic E-state index is 0.0707. The topological polar surface area (TPSA) is 69.3 Å². The molecule has 166 valence electrons. The summed E-state index contributed by atoms with van der Waals surface area (Å²) in [6.07, 6.45) is 9.26. The van der Waals surface area contributed by atoms with Crippen LogP contribution in [0.4, 0.5) is 0 Å². The molecule has 3 heterocycles. The van der Waals surface area contributed by atoms with Crippen molar-refractivity contribution in [2.24, 2.45) is 11.8 Å². The zero-order chi connectivity index (χ0) is 21.0. The minimum atomic E-state index is -0.0707. The lowest BCUT2D eigenvalue weighted by molar-refractivity contribution is -0.124. The second-order valence-corrected chi connectivity index (χ2v) is 10.4. The fourth-order valence-electron chi connectivity index (χ4n) is 5.43. The van der Waals surface area contributed by atoms with Gasteiger partial charge >= 0.3 is 0 Å². The molecule has 4 unspecified atom stereocenters. The zero-order valence-corrected chi connectivity index (χ0v) is 18.9. The lowest BCUT2D eigenvalue weighted by atomic mass is 9.81. The summed E-state index contributed by atoms with van der Waals surface area (Å²) in [5, 5.41) is 4.35. The largest absolute Gasteiger partial charge is 0.354 e. The van der Waals surface area contributed by atoms with Gasteiger partial charge in [0.1, 0.15) is 11.0 Å². The molecular formula is C24H33N5OS. The molecule has 1 saturated carbocycles. The number of thiazole rings is 1. The van der Waals surface area contributed by atoms with Crippen molar-refractivity contribution < 1.29 is 4.79 Å². The Morgan fingerprint density at radius 2 is 2.00 bits per heavy atom. The molecule has 3 fully saturated rings. The van der Waals surface area contributed by atoms with Crippen molar-refractivity contribution in [2.45, 2.75) is 57.2 Å². The number of hydrazine groups is 1. The van der Waals surface area contributed by atoms with Crippen LogP contribution in [0.3, 0.4) is 0 Å². The first-order valence-corrected chi connectivity index (χ1v) is 12.6. The number of hydrogen-bond donors (Lipinski definition) is 3. The molecule has 31 heavy (non-hydrogen) atoms. The summed E-state index contributed by atoms with van der Waals surface area (Å²) in [6.45, 7) is 3.90. The average Bonchev–Trinajstić information content (AvgIpc) is 3.46. The van der Waals surface area contributed by atoms with Gasteiger partial charge in [0.15, 0.2) is 0 Å². The SMILES string of the molecule is O=C(NCC1CCCN(Cc2cnc(-c3ccccc3)s2)C1)C1NNC2CCCCC21. The monoisotopic (exact) mass is 439 g/mol. The van der Waals surface area contributed by atoms with E-state index in [9.17, 15) is 4.79 Å². The van der Waals surface area contributed by atoms with Crippen molar-refractivity contribution in [2.75, 3.05) is 19.6 Å². The molecule has 4 atom stereocenters. The van der Waals surface area contributed by atoms with Gasteiger partial charge in [-0.1, -0.05) is 43.2 Å². The van der Waals surface area contributed by atoms with E-state index in [-0.39, 0.29) is 11.9 Å². The van der Waals surface area contributed by atoms with Gasteiger partial charge in [0.2, 0.25) is 5.91 Å². The average molecular weight is 440 g/mol. The predicted octanol–water partition coefficient (Wildman–Crippen LogP) is 3.17. The molecule has 1 amide bonds. The van der Waals surface area contributed by atoms with Crippen LogP contribution in [0.25, 0.3) is 10.6 Å². The smallest absolute Gasteiger partial charge is 0.238 e. The van der Waals surface area contributed by atoms with Gasteiger partial charge in [0.25, 0.3) is 0 Å². The fraction of sp³-hybridized carbons (Fsp3) is 0.583. The van der Waals surface area contributed by atoms with E-state index in [1.165, 1.54) is 42.5 Å². The Morgan fingerprint density at radius 3 is 2.90 bits per heavy atom. The number of fused-ring (bicyclic) bond motifs is 1. The van der Waals surface area contributed by atoms with Crippen LogP contribution in [-0.4, -0.2) is 47.5 Å². The quantitative estimate of drug-likeness (QED) is 0.645. The van der Waals surface area contributed by atoms with Crippen molar-refractivity contribution in [3.8, 4) is 10.6 Å². The Labute approximate surface area is 188 Å². The normalized spacial score (nSPS) is 28.9. The second kappa shape index (κ2) is 9.77. The zero-order valence-electron chi connectivity index (χ0n) is 18.1. The summed E-state index contributed by atoms with van der Waals surface area (Å²) in [7, 11) is 0. The lowest BCUT2D eigenvalue weighted by Gasteiger charge is -2.33. The highest BCUT2D eigenvalue weighted by Gasteiger charge is 2.41. The molecule has 1 aromatic heterocycles. The predicted molar refractivity (Wildman–Crippen MR) is 124 cm³/mol. The van der Waals surface area contributed by atoms with Crippen molar-refractivity contribution in [1.29, 1.82) is 0 Å². The first-order valence-electron chi connectivity index (χ1n) is 11.8. The Kier molecular flexibility index (Phi) is 6.64. The second-order valence-electron chi connectivity index (χ2n) is 9.31.